The molecule has 2 aromatic rings. The summed E-state index contributed by atoms with van der Waals surface area (Å²) in [5.74, 6) is -3.42. The molecule has 0 atom stereocenters. The van der Waals surface area contributed by atoms with E-state index in [2.05, 4.69) is 10.6 Å². The lowest BCUT2D eigenvalue weighted by Crippen LogP contribution is -2.21. The Labute approximate surface area is 184 Å². The van der Waals surface area contributed by atoms with E-state index in [1.807, 2.05) is 0 Å². The Balaban J connectivity index is 1.89. The maximum atomic E-state index is 12.8. The predicted octanol–water partition coefficient (Wildman–Crippen LogP) is 3.96. The van der Waals surface area contributed by atoms with Crippen molar-refractivity contribution in [2.24, 2.45) is 0 Å². The molecular formula is C20H16ClF3N2O6. The normalized spacial score (nSPS) is 10.9. The van der Waals surface area contributed by atoms with Crippen molar-refractivity contribution < 1.29 is 42.2 Å². The van der Waals surface area contributed by atoms with Gasteiger partial charge in [-0.3, -0.25) is 14.4 Å². The number of benzene rings is 2. The molecule has 170 valence electrons. The van der Waals surface area contributed by atoms with E-state index in [1.165, 1.54) is 24.3 Å². The van der Waals surface area contributed by atoms with Crippen LogP contribution in [0.15, 0.2) is 42.5 Å². The van der Waals surface area contributed by atoms with Crippen LogP contribution < -0.4 is 10.6 Å². The number of hydrogen-bond donors (Lipinski definition) is 3. The van der Waals surface area contributed by atoms with E-state index in [-0.39, 0.29) is 29.1 Å². The maximum Gasteiger partial charge on any atom is 0.416 e. The third-order valence-corrected chi connectivity index (χ3v) is 4.20. The first-order valence-electron chi connectivity index (χ1n) is 8.91. The molecule has 2 rings (SSSR count). The van der Waals surface area contributed by atoms with E-state index in [1.54, 1.807) is 0 Å². The Morgan fingerprint density at radius 1 is 0.938 bits per heavy atom. The second-order valence-corrected chi connectivity index (χ2v) is 6.74. The average Bonchev–Trinajstić information content (AvgIpc) is 2.72. The zero-order valence-corrected chi connectivity index (χ0v) is 16.9. The van der Waals surface area contributed by atoms with Crippen LogP contribution in [0.1, 0.15) is 28.8 Å². The molecule has 12 heteroatoms. The molecule has 0 saturated heterocycles. The number of rotatable bonds is 8. The molecule has 0 saturated carbocycles. The minimum atomic E-state index is -4.63. The van der Waals surface area contributed by atoms with Gasteiger partial charge in [-0.05, 0) is 42.5 Å². The number of carbonyl (C=O) groups is 4. The van der Waals surface area contributed by atoms with Crippen molar-refractivity contribution in [2.75, 3.05) is 17.2 Å². The molecule has 0 radical (unpaired) electrons. The van der Waals surface area contributed by atoms with Crippen LogP contribution >= 0.6 is 11.6 Å². The van der Waals surface area contributed by atoms with Crippen LogP contribution in [0.3, 0.4) is 0 Å². The standard InChI is InChI=1S/C20H16ClF3N2O6/c21-14-6-3-12(20(22,23)24)9-15(14)26-17(28)10-32-19(31)11-1-4-13(5-2-11)25-16(27)7-8-18(29)30/h1-6,9H,7-8,10H2,(H,25,27)(H,26,28)(H,29,30). The average molecular weight is 473 g/mol. The van der Waals surface area contributed by atoms with E-state index in [0.29, 0.717) is 11.8 Å². The van der Waals surface area contributed by atoms with E-state index in [4.69, 9.17) is 21.4 Å². The van der Waals surface area contributed by atoms with Gasteiger partial charge >= 0.3 is 18.1 Å². The van der Waals surface area contributed by atoms with Crippen LogP contribution in [-0.2, 0) is 25.3 Å². The molecule has 2 aromatic carbocycles. The fourth-order valence-corrected chi connectivity index (χ4v) is 2.50. The first kappa shape index (κ1) is 24.7. The van der Waals surface area contributed by atoms with Crippen molar-refractivity contribution in [2.45, 2.75) is 19.0 Å². The molecule has 0 unspecified atom stereocenters. The van der Waals surface area contributed by atoms with Crippen molar-refractivity contribution >= 4 is 46.7 Å². The van der Waals surface area contributed by atoms with Crippen LogP contribution in [0.4, 0.5) is 24.5 Å². The Bertz CT molecular complexity index is 1020. The molecule has 3 N–H and O–H groups in total. The van der Waals surface area contributed by atoms with E-state index in [9.17, 15) is 32.3 Å². The molecule has 0 aliphatic carbocycles. The Kier molecular flexibility index (Phi) is 8.19. The number of nitrogens with one attached hydrogen (secondary N) is 2. The molecule has 8 nitrogen and oxygen atoms in total. The Morgan fingerprint density at radius 3 is 2.19 bits per heavy atom. The lowest BCUT2D eigenvalue weighted by Gasteiger charge is -2.12. The first-order valence-corrected chi connectivity index (χ1v) is 9.29. The number of halogens is 4. The summed E-state index contributed by atoms with van der Waals surface area (Å²) in [6.45, 7) is -0.779. The van der Waals surface area contributed by atoms with E-state index < -0.39 is 42.1 Å². The van der Waals surface area contributed by atoms with Crippen molar-refractivity contribution in [3.8, 4) is 0 Å². The summed E-state index contributed by atoms with van der Waals surface area (Å²) in [7, 11) is 0. The highest BCUT2D eigenvalue weighted by atomic mass is 35.5. The summed E-state index contributed by atoms with van der Waals surface area (Å²) >= 11 is 5.79. The monoisotopic (exact) mass is 472 g/mol. The fourth-order valence-electron chi connectivity index (χ4n) is 2.33. The van der Waals surface area contributed by atoms with Gasteiger partial charge in [0.05, 0.1) is 28.3 Å². The van der Waals surface area contributed by atoms with Gasteiger partial charge < -0.3 is 20.5 Å². The number of carboxylic acids is 1. The van der Waals surface area contributed by atoms with Crippen molar-refractivity contribution in [1.82, 2.24) is 0 Å². The van der Waals surface area contributed by atoms with Crippen LogP contribution in [-0.4, -0.2) is 35.5 Å². The number of alkyl halides is 3. The highest BCUT2D eigenvalue weighted by Gasteiger charge is 2.31. The van der Waals surface area contributed by atoms with Gasteiger partial charge in [0.25, 0.3) is 5.91 Å². The molecule has 32 heavy (non-hydrogen) atoms. The minimum absolute atomic E-state index is 0.0402. The van der Waals surface area contributed by atoms with Gasteiger partial charge in [0.15, 0.2) is 6.61 Å². The largest absolute Gasteiger partial charge is 0.481 e. The molecular weight excluding hydrogens is 457 g/mol. The zero-order valence-electron chi connectivity index (χ0n) is 16.2. The van der Waals surface area contributed by atoms with Crippen LogP contribution in [0.5, 0.6) is 0 Å². The molecule has 0 aliphatic heterocycles. The fraction of sp³-hybridized carbons (Fsp3) is 0.200. The number of aliphatic carboxylic acids is 1. The summed E-state index contributed by atoms with van der Waals surface area (Å²) in [6, 6.07) is 7.75. The summed E-state index contributed by atoms with van der Waals surface area (Å²) in [4.78, 5) is 46.0. The number of esters is 1. The summed E-state index contributed by atoms with van der Waals surface area (Å²) in [6.07, 6.45) is -5.17. The molecule has 0 aromatic heterocycles. The molecule has 0 aliphatic rings. The van der Waals surface area contributed by atoms with Gasteiger partial charge in [0.1, 0.15) is 0 Å². The topological polar surface area (TPSA) is 122 Å². The Hall–Kier alpha value is -3.60. The van der Waals surface area contributed by atoms with Crippen LogP contribution in [0, 0.1) is 0 Å². The quantitative estimate of drug-likeness (QED) is 0.500. The number of carbonyl (C=O) groups excluding carboxylic acids is 3. The molecule has 0 bridgehead atoms. The highest BCUT2D eigenvalue weighted by Crippen LogP contribution is 2.33. The van der Waals surface area contributed by atoms with Gasteiger partial charge in [-0.2, -0.15) is 13.2 Å². The Morgan fingerprint density at radius 2 is 1.59 bits per heavy atom. The third kappa shape index (κ3) is 7.58. The van der Waals surface area contributed by atoms with Gasteiger partial charge in [-0.25, -0.2) is 4.79 Å². The maximum absolute atomic E-state index is 12.8. The number of anilines is 2. The smallest absolute Gasteiger partial charge is 0.416 e. The van der Waals surface area contributed by atoms with Gasteiger partial charge in [-0.1, -0.05) is 11.6 Å². The predicted molar refractivity (Wildman–Crippen MR) is 107 cm³/mol. The second-order valence-electron chi connectivity index (χ2n) is 6.34. The van der Waals surface area contributed by atoms with Crippen molar-refractivity contribution in [3.63, 3.8) is 0 Å². The van der Waals surface area contributed by atoms with Gasteiger partial charge in [0, 0.05) is 12.1 Å². The SMILES string of the molecule is O=C(O)CCC(=O)Nc1ccc(C(=O)OCC(=O)Nc2cc(C(F)(F)F)ccc2Cl)cc1. The van der Waals surface area contributed by atoms with E-state index in [0.717, 1.165) is 12.1 Å². The highest BCUT2D eigenvalue weighted by molar-refractivity contribution is 6.33. The zero-order chi connectivity index (χ0) is 23.9. The number of amides is 2. The molecule has 0 heterocycles. The molecule has 2 amide bonds. The summed E-state index contributed by atoms with van der Waals surface area (Å²) in [5, 5.41) is 13.0. The van der Waals surface area contributed by atoms with Gasteiger partial charge in [0.2, 0.25) is 5.91 Å². The number of ether oxygens (including phenoxy) is 1. The third-order valence-electron chi connectivity index (χ3n) is 3.87. The summed E-state index contributed by atoms with van der Waals surface area (Å²) < 4.78 is 43.1. The van der Waals surface area contributed by atoms with Crippen LogP contribution in [0.25, 0.3) is 0 Å². The number of hydrogen-bond acceptors (Lipinski definition) is 5. The summed E-state index contributed by atoms with van der Waals surface area (Å²) in [5.41, 5.74) is -0.942. The minimum Gasteiger partial charge on any atom is -0.481 e. The lowest BCUT2D eigenvalue weighted by molar-refractivity contribution is -0.138. The van der Waals surface area contributed by atoms with Crippen LogP contribution in [0.2, 0.25) is 5.02 Å². The molecule has 0 spiro atoms. The number of carboxylic acid groups (broad SMARTS) is 1. The van der Waals surface area contributed by atoms with Crippen molar-refractivity contribution in [1.29, 1.82) is 0 Å². The molecule has 0 fully saturated rings. The first-order chi connectivity index (χ1) is 15.0. The lowest BCUT2D eigenvalue weighted by atomic mass is 10.2. The van der Waals surface area contributed by atoms with Crippen molar-refractivity contribution in [3.05, 3.63) is 58.6 Å². The van der Waals surface area contributed by atoms with E-state index >= 15 is 0 Å². The second kappa shape index (κ2) is 10.6. The van der Waals surface area contributed by atoms with Gasteiger partial charge in [-0.15, -0.1) is 0 Å².